The van der Waals surface area contributed by atoms with Gasteiger partial charge in [0, 0.05) is 19.6 Å². The Morgan fingerprint density at radius 2 is 1.86 bits per heavy atom. The standard InChI is InChI=1S/C16H31N3O2/c1-7-17-15(18-9-14(20)21-16(4,5)6)19-10-12(2)8-13(3)11-19/h12-13H,7-11H2,1-6H3,(H,17,18). The lowest BCUT2D eigenvalue weighted by Crippen LogP contribution is -2.48. The van der Waals surface area contributed by atoms with Crippen LogP contribution in [0.15, 0.2) is 4.99 Å². The Morgan fingerprint density at radius 3 is 2.33 bits per heavy atom. The van der Waals surface area contributed by atoms with Gasteiger partial charge in [0.2, 0.25) is 0 Å². The Bertz CT molecular complexity index is 364. The fourth-order valence-corrected chi connectivity index (χ4v) is 2.77. The molecule has 122 valence electrons. The van der Waals surface area contributed by atoms with Crippen LogP contribution >= 0.6 is 0 Å². The average Bonchev–Trinajstić information content (AvgIpc) is 2.30. The van der Waals surface area contributed by atoms with Gasteiger partial charge in [0.15, 0.2) is 5.96 Å². The van der Waals surface area contributed by atoms with Gasteiger partial charge >= 0.3 is 5.97 Å². The second-order valence-corrected chi connectivity index (χ2v) is 7.11. The predicted octanol–water partition coefficient (Wildman–Crippen LogP) is 2.27. The normalized spacial score (nSPS) is 23.9. The van der Waals surface area contributed by atoms with Gasteiger partial charge in [0.1, 0.15) is 12.1 Å². The second-order valence-electron chi connectivity index (χ2n) is 7.11. The number of rotatable bonds is 3. The highest BCUT2D eigenvalue weighted by Crippen LogP contribution is 2.20. The fraction of sp³-hybridized carbons (Fsp3) is 0.875. The average molecular weight is 297 g/mol. The first kappa shape index (κ1) is 17.8. The Kier molecular flexibility index (Phi) is 6.49. The van der Waals surface area contributed by atoms with Crippen molar-refractivity contribution in [2.24, 2.45) is 16.8 Å². The van der Waals surface area contributed by atoms with E-state index in [-0.39, 0.29) is 12.5 Å². The van der Waals surface area contributed by atoms with Gasteiger partial charge < -0.3 is 15.0 Å². The van der Waals surface area contributed by atoms with E-state index in [9.17, 15) is 4.79 Å². The van der Waals surface area contributed by atoms with Crippen molar-refractivity contribution in [1.29, 1.82) is 0 Å². The summed E-state index contributed by atoms with van der Waals surface area (Å²) < 4.78 is 5.30. The summed E-state index contributed by atoms with van der Waals surface area (Å²) >= 11 is 0. The quantitative estimate of drug-likeness (QED) is 0.493. The fourth-order valence-electron chi connectivity index (χ4n) is 2.77. The zero-order valence-corrected chi connectivity index (χ0v) is 14.4. The molecule has 21 heavy (non-hydrogen) atoms. The molecule has 0 amide bonds. The molecule has 0 saturated carbocycles. The van der Waals surface area contributed by atoms with Crippen LogP contribution in [0.5, 0.6) is 0 Å². The Morgan fingerprint density at radius 1 is 1.29 bits per heavy atom. The highest BCUT2D eigenvalue weighted by Gasteiger charge is 2.24. The van der Waals surface area contributed by atoms with Gasteiger partial charge in [0.25, 0.3) is 0 Å². The van der Waals surface area contributed by atoms with Gasteiger partial charge in [-0.05, 0) is 46.0 Å². The summed E-state index contributed by atoms with van der Waals surface area (Å²) in [6.07, 6.45) is 1.25. The molecule has 5 heteroatoms. The first-order chi connectivity index (χ1) is 9.71. The molecule has 0 aromatic heterocycles. The van der Waals surface area contributed by atoms with Crippen LogP contribution in [0.3, 0.4) is 0 Å². The molecule has 1 N–H and O–H groups in total. The zero-order valence-electron chi connectivity index (χ0n) is 14.4. The second kappa shape index (κ2) is 7.66. The van der Waals surface area contributed by atoms with Crippen LogP contribution in [0, 0.1) is 11.8 Å². The number of nitrogens with zero attached hydrogens (tertiary/aromatic N) is 2. The third-order valence-electron chi connectivity index (χ3n) is 3.28. The summed E-state index contributed by atoms with van der Waals surface area (Å²) in [7, 11) is 0. The van der Waals surface area contributed by atoms with E-state index in [1.807, 2.05) is 27.7 Å². The van der Waals surface area contributed by atoms with E-state index < -0.39 is 5.60 Å². The van der Waals surface area contributed by atoms with E-state index in [0.29, 0.717) is 11.8 Å². The van der Waals surface area contributed by atoms with Gasteiger partial charge in [-0.15, -0.1) is 0 Å². The highest BCUT2D eigenvalue weighted by molar-refractivity contribution is 5.83. The van der Waals surface area contributed by atoms with Crippen LogP contribution in [0.25, 0.3) is 0 Å². The van der Waals surface area contributed by atoms with Crippen molar-refractivity contribution in [3.63, 3.8) is 0 Å². The molecule has 0 aliphatic carbocycles. The van der Waals surface area contributed by atoms with Crippen molar-refractivity contribution in [3.05, 3.63) is 0 Å². The Balaban J connectivity index is 2.67. The molecule has 0 radical (unpaired) electrons. The molecule has 1 aliphatic rings. The molecule has 1 aliphatic heterocycles. The number of ether oxygens (including phenoxy) is 1. The maximum Gasteiger partial charge on any atom is 0.328 e. The van der Waals surface area contributed by atoms with Crippen molar-refractivity contribution < 1.29 is 9.53 Å². The van der Waals surface area contributed by atoms with Crippen LogP contribution in [-0.4, -0.2) is 48.6 Å². The maximum absolute atomic E-state index is 11.8. The number of hydrogen-bond acceptors (Lipinski definition) is 3. The van der Waals surface area contributed by atoms with E-state index >= 15 is 0 Å². The van der Waals surface area contributed by atoms with Crippen molar-refractivity contribution in [2.45, 2.75) is 53.6 Å². The molecule has 1 fully saturated rings. The van der Waals surface area contributed by atoms with E-state index in [2.05, 4.69) is 29.1 Å². The van der Waals surface area contributed by atoms with Gasteiger partial charge in [-0.1, -0.05) is 13.8 Å². The number of hydrogen-bond donors (Lipinski definition) is 1. The Labute approximate surface area is 129 Å². The number of carbonyl (C=O) groups excluding carboxylic acids is 1. The molecule has 0 aromatic carbocycles. The first-order valence-corrected chi connectivity index (χ1v) is 7.96. The van der Waals surface area contributed by atoms with Gasteiger partial charge in [0.05, 0.1) is 0 Å². The summed E-state index contributed by atoms with van der Waals surface area (Å²) in [5.41, 5.74) is -0.459. The van der Waals surface area contributed by atoms with E-state index in [0.717, 1.165) is 25.6 Å². The minimum absolute atomic E-state index is 0.0683. The molecule has 1 saturated heterocycles. The first-order valence-electron chi connectivity index (χ1n) is 7.96. The molecule has 1 rings (SSSR count). The number of esters is 1. The molecule has 2 unspecified atom stereocenters. The lowest BCUT2D eigenvalue weighted by molar-refractivity contribution is -0.152. The summed E-state index contributed by atoms with van der Waals surface area (Å²) in [5, 5.41) is 3.28. The minimum atomic E-state index is -0.459. The smallest absolute Gasteiger partial charge is 0.328 e. The molecular formula is C16H31N3O2. The van der Waals surface area contributed by atoms with Crippen LogP contribution in [-0.2, 0) is 9.53 Å². The number of likely N-dealkylation sites (tertiary alicyclic amines) is 1. The van der Waals surface area contributed by atoms with Crippen LogP contribution in [0.4, 0.5) is 0 Å². The van der Waals surface area contributed by atoms with Crippen LogP contribution < -0.4 is 5.32 Å². The summed E-state index contributed by atoms with van der Waals surface area (Å²) in [5.74, 6) is 1.84. The molecule has 1 heterocycles. The molecule has 0 bridgehead atoms. The van der Waals surface area contributed by atoms with Crippen molar-refractivity contribution in [1.82, 2.24) is 10.2 Å². The number of carbonyl (C=O) groups is 1. The lowest BCUT2D eigenvalue weighted by atomic mass is 9.92. The SMILES string of the molecule is CCNC(=NCC(=O)OC(C)(C)C)N1CC(C)CC(C)C1. The predicted molar refractivity (Wildman–Crippen MR) is 86.3 cm³/mol. The number of aliphatic imine (C=N–C) groups is 1. The third kappa shape index (κ3) is 6.82. The largest absolute Gasteiger partial charge is 0.459 e. The molecular weight excluding hydrogens is 266 g/mol. The van der Waals surface area contributed by atoms with Crippen LogP contribution in [0.2, 0.25) is 0 Å². The summed E-state index contributed by atoms with van der Waals surface area (Å²) in [6, 6.07) is 0. The van der Waals surface area contributed by atoms with Crippen LogP contribution in [0.1, 0.15) is 48.0 Å². The third-order valence-corrected chi connectivity index (χ3v) is 3.28. The van der Waals surface area contributed by atoms with E-state index in [1.165, 1.54) is 6.42 Å². The maximum atomic E-state index is 11.8. The van der Waals surface area contributed by atoms with E-state index in [4.69, 9.17) is 4.74 Å². The summed E-state index contributed by atoms with van der Waals surface area (Å²) in [6.45, 7) is 15.0. The monoisotopic (exact) mass is 297 g/mol. The minimum Gasteiger partial charge on any atom is -0.459 e. The van der Waals surface area contributed by atoms with E-state index in [1.54, 1.807) is 0 Å². The number of nitrogens with one attached hydrogen (secondary N) is 1. The van der Waals surface area contributed by atoms with Crippen molar-refractivity contribution in [3.8, 4) is 0 Å². The Hall–Kier alpha value is -1.26. The molecule has 0 aromatic rings. The topological polar surface area (TPSA) is 53.9 Å². The van der Waals surface area contributed by atoms with Gasteiger partial charge in [-0.2, -0.15) is 0 Å². The molecule has 0 spiro atoms. The van der Waals surface area contributed by atoms with Crippen molar-refractivity contribution >= 4 is 11.9 Å². The zero-order chi connectivity index (χ0) is 16.0. The van der Waals surface area contributed by atoms with Crippen molar-refractivity contribution in [2.75, 3.05) is 26.2 Å². The number of piperidine rings is 1. The van der Waals surface area contributed by atoms with Gasteiger partial charge in [-0.25, -0.2) is 4.99 Å². The highest BCUT2D eigenvalue weighted by atomic mass is 16.6. The van der Waals surface area contributed by atoms with Gasteiger partial charge in [-0.3, -0.25) is 4.79 Å². The number of guanidine groups is 1. The summed E-state index contributed by atoms with van der Waals surface area (Å²) in [4.78, 5) is 18.5. The molecule has 2 atom stereocenters. The lowest BCUT2D eigenvalue weighted by Gasteiger charge is -2.37. The molecule has 5 nitrogen and oxygen atoms in total.